The number of aromatic hydroxyl groups is 1. The average Bonchev–Trinajstić information content (AvgIpc) is 3.00. The highest BCUT2D eigenvalue weighted by Gasteiger charge is 2.28. The van der Waals surface area contributed by atoms with Crippen molar-refractivity contribution in [2.45, 2.75) is 12.8 Å². The van der Waals surface area contributed by atoms with E-state index in [0.717, 1.165) is 23.2 Å². The molecule has 0 fully saturated rings. The van der Waals surface area contributed by atoms with Gasteiger partial charge in [-0.25, -0.2) is 0 Å². The molecule has 23 heavy (non-hydrogen) atoms. The Morgan fingerprint density at radius 3 is 2.61 bits per heavy atom. The van der Waals surface area contributed by atoms with Crippen molar-refractivity contribution in [1.29, 1.82) is 0 Å². The van der Waals surface area contributed by atoms with Crippen LogP contribution in [-0.4, -0.2) is 30.0 Å². The van der Waals surface area contributed by atoms with Crippen LogP contribution in [0.25, 0.3) is 0 Å². The van der Waals surface area contributed by atoms with Crippen molar-refractivity contribution in [1.82, 2.24) is 5.32 Å². The first-order valence-corrected chi connectivity index (χ1v) is 7.60. The van der Waals surface area contributed by atoms with E-state index in [9.17, 15) is 14.7 Å². The van der Waals surface area contributed by atoms with E-state index >= 15 is 0 Å². The van der Waals surface area contributed by atoms with Crippen LogP contribution >= 0.6 is 0 Å². The van der Waals surface area contributed by atoms with Crippen molar-refractivity contribution in [2.24, 2.45) is 0 Å². The van der Waals surface area contributed by atoms with Gasteiger partial charge in [-0.15, -0.1) is 0 Å². The van der Waals surface area contributed by atoms with Gasteiger partial charge in [0.05, 0.1) is 0 Å². The molecule has 1 aliphatic rings. The second-order valence-corrected chi connectivity index (χ2v) is 5.51. The lowest BCUT2D eigenvalue weighted by Crippen LogP contribution is -2.43. The number of benzene rings is 2. The van der Waals surface area contributed by atoms with Crippen molar-refractivity contribution in [3.05, 3.63) is 59.7 Å². The fourth-order valence-electron chi connectivity index (χ4n) is 2.73. The molecule has 0 aliphatic carbocycles. The fraction of sp³-hybridized carbons (Fsp3) is 0.222. The van der Waals surface area contributed by atoms with Crippen molar-refractivity contribution in [3.63, 3.8) is 0 Å². The SMILES string of the molecule is O=C(NCCc1ccc(O)cc1)C(=O)N1CCc2ccccc21. The Kier molecular flexibility index (Phi) is 4.28. The number of hydrogen-bond donors (Lipinski definition) is 2. The largest absolute Gasteiger partial charge is 0.508 e. The predicted molar refractivity (Wildman–Crippen MR) is 87.3 cm³/mol. The summed E-state index contributed by atoms with van der Waals surface area (Å²) < 4.78 is 0. The number of amides is 2. The van der Waals surface area contributed by atoms with Gasteiger partial charge in [-0.1, -0.05) is 30.3 Å². The summed E-state index contributed by atoms with van der Waals surface area (Å²) in [6.07, 6.45) is 1.39. The molecule has 0 spiro atoms. The molecule has 5 nitrogen and oxygen atoms in total. The average molecular weight is 310 g/mol. The lowest BCUT2D eigenvalue weighted by Gasteiger charge is -2.16. The number of hydrogen-bond acceptors (Lipinski definition) is 3. The minimum absolute atomic E-state index is 0.209. The molecule has 1 heterocycles. The zero-order valence-electron chi connectivity index (χ0n) is 12.7. The minimum atomic E-state index is -0.583. The van der Waals surface area contributed by atoms with E-state index in [4.69, 9.17) is 0 Å². The zero-order valence-corrected chi connectivity index (χ0v) is 12.7. The first kappa shape index (κ1) is 15.1. The maximum atomic E-state index is 12.3. The van der Waals surface area contributed by atoms with Gasteiger partial charge < -0.3 is 15.3 Å². The Hall–Kier alpha value is -2.82. The van der Waals surface area contributed by atoms with Crippen molar-refractivity contribution >= 4 is 17.5 Å². The zero-order chi connectivity index (χ0) is 16.2. The molecule has 1 aliphatic heterocycles. The molecule has 0 saturated carbocycles. The number of phenolic OH excluding ortho intramolecular Hbond substituents is 1. The van der Waals surface area contributed by atoms with E-state index in [1.807, 2.05) is 24.3 Å². The molecule has 118 valence electrons. The van der Waals surface area contributed by atoms with Crippen LogP contribution in [0.3, 0.4) is 0 Å². The van der Waals surface area contributed by atoms with Gasteiger partial charge in [-0.3, -0.25) is 9.59 Å². The van der Waals surface area contributed by atoms with Crippen LogP contribution in [-0.2, 0) is 22.4 Å². The van der Waals surface area contributed by atoms with Crippen LogP contribution in [0.4, 0.5) is 5.69 Å². The highest BCUT2D eigenvalue weighted by Crippen LogP contribution is 2.27. The second kappa shape index (κ2) is 6.52. The van der Waals surface area contributed by atoms with Crippen molar-refractivity contribution in [3.8, 4) is 5.75 Å². The quantitative estimate of drug-likeness (QED) is 0.847. The third kappa shape index (κ3) is 3.34. The van der Waals surface area contributed by atoms with Crippen LogP contribution < -0.4 is 10.2 Å². The Morgan fingerprint density at radius 1 is 1.09 bits per heavy atom. The molecule has 0 radical (unpaired) electrons. The summed E-state index contributed by atoms with van der Waals surface area (Å²) in [5.74, 6) is -0.887. The Morgan fingerprint density at radius 2 is 1.83 bits per heavy atom. The molecular formula is C18H18N2O3. The third-order valence-corrected chi connectivity index (χ3v) is 3.96. The number of nitrogens with zero attached hydrogens (tertiary/aromatic N) is 1. The Balaban J connectivity index is 1.54. The second-order valence-electron chi connectivity index (χ2n) is 5.51. The van der Waals surface area contributed by atoms with Crippen LogP contribution in [0.2, 0.25) is 0 Å². The van der Waals surface area contributed by atoms with E-state index < -0.39 is 11.8 Å². The molecule has 2 aromatic carbocycles. The molecule has 0 atom stereocenters. The van der Waals surface area contributed by atoms with E-state index in [1.54, 1.807) is 24.3 Å². The third-order valence-electron chi connectivity index (χ3n) is 3.96. The van der Waals surface area contributed by atoms with Gasteiger partial charge in [0.2, 0.25) is 0 Å². The van der Waals surface area contributed by atoms with Crippen LogP contribution in [0.1, 0.15) is 11.1 Å². The maximum Gasteiger partial charge on any atom is 0.316 e. The summed E-state index contributed by atoms with van der Waals surface area (Å²) in [6.45, 7) is 0.925. The Labute approximate surface area is 134 Å². The molecule has 0 saturated heterocycles. The summed E-state index contributed by atoms with van der Waals surface area (Å²) in [4.78, 5) is 25.9. The first-order valence-electron chi connectivity index (χ1n) is 7.60. The highest BCUT2D eigenvalue weighted by atomic mass is 16.3. The number of rotatable bonds is 3. The van der Waals surface area contributed by atoms with Crippen LogP contribution in [0, 0.1) is 0 Å². The number of carbonyl (C=O) groups is 2. The minimum Gasteiger partial charge on any atom is -0.508 e. The lowest BCUT2D eigenvalue weighted by molar-refractivity contribution is -0.137. The van der Waals surface area contributed by atoms with Crippen molar-refractivity contribution in [2.75, 3.05) is 18.0 Å². The van der Waals surface area contributed by atoms with Crippen molar-refractivity contribution < 1.29 is 14.7 Å². The van der Waals surface area contributed by atoms with Gasteiger partial charge in [0.15, 0.2) is 0 Å². The highest BCUT2D eigenvalue weighted by molar-refractivity contribution is 6.40. The van der Waals surface area contributed by atoms with Crippen LogP contribution in [0.5, 0.6) is 5.75 Å². The number of fused-ring (bicyclic) bond motifs is 1. The summed E-state index contributed by atoms with van der Waals surface area (Å²) in [6, 6.07) is 14.4. The lowest BCUT2D eigenvalue weighted by atomic mass is 10.1. The van der Waals surface area contributed by atoms with Gasteiger partial charge in [0.25, 0.3) is 0 Å². The van der Waals surface area contributed by atoms with Gasteiger partial charge in [-0.2, -0.15) is 0 Å². The molecule has 0 unspecified atom stereocenters. The smallest absolute Gasteiger partial charge is 0.316 e. The van der Waals surface area contributed by atoms with Crippen LogP contribution in [0.15, 0.2) is 48.5 Å². The number of anilines is 1. The van der Waals surface area contributed by atoms with Gasteiger partial charge in [0, 0.05) is 18.8 Å². The summed E-state index contributed by atoms with van der Waals surface area (Å²) >= 11 is 0. The van der Waals surface area contributed by atoms with Gasteiger partial charge in [0.1, 0.15) is 5.75 Å². The summed E-state index contributed by atoms with van der Waals surface area (Å²) in [5.41, 5.74) is 2.91. The van der Waals surface area contributed by atoms with Gasteiger partial charge >= 0.3 is 11.8 Å². The fourth-order valence-corrected chi connectivity index (χ4v) is 2.73. The standard InChI is InChI=1S/C18H18N2O3/c21-15-7-5-13(6-8-15)9-11-19-17(22)18(23)20-12-10-14-3-1-2-4-16(14)20/h1-8,21H,9-12H2,(H,19,22). The van der Waals surface area contributed by atoms with E-state index in [2.05, 4.69) is 5.32 Å². The molecule has 2 amide bonds. The number of carbonyl (C=O) groups excluding carboxylic acids is 2. The molecule has 2 N–H and O–H groups in total. The molecular weight excluding hydrogens is 292 g/mol. The van der Waals surface area contributed by atoms with E-state index in [1.165, 1.54) is 4.90 Å². The molecule has 3 rings (SSSR count). The number of phenols is 1. The van der Waals surface area contributed by atoms with E-state index in [-0.39, 0.29) is 5.75 Å². The predicted octanol–water partition coefficient (Wildman–Crippen LogP) is 1.64. The maximum absolute atomic E-state index is 12.3. The monoisotopic (exact) mass is 310 g/mol. The first-order chi connectivity index (χ1) is 11.1. The molecule has 5 heteroatoms. The van der Waals surface area contributed by atoms with Gasteiger partial charge in [-0.05, 0) is 42.2 Å². The topological polar surface area (TPSA) is 69.6 Å². The Bertz CT molecular complexity index is 725. The number of para-hydroxylation sites is 1. The summed E-state index contributed by atoms with van der Waals surface area (Å²) in [5, 5.41) is 11.9. The molecule has 0 bridgehead atoms. The number of nitrogens with one attached hydrogen (secondary N) is 1. The molecule has 2 aromatic rings. The summed E-state index contributed by atoms with van der Waals surface area (Å²) in [7, 11) is 0. The van der Waals surface area contributed by atoms with E-state index in [0.29, 0.717) is 19.5 Å². The normalized spacial score (nSPS) is 12.8. The molecule has 0 aromatic heterocycles.